The van der Waals surface area contributed by atoms with Crippen LogP contribution in [0.2, 0.25) is 0 Å². The maximum absolute atomic E-state index is 12.3. The van der Waals surface area contributed by atoms with Crippen molar-refractivity contribution in [3.63, 3.8) is 0 Å². The topological polar surface area (TPSA) is 64.8 Å². The maximum atomic E-state index is 12.3. The van der Waals surface area contributed by atoms with Gasteiger partial charge in [0, 0.05) is 26.1 Å². The monoisotopic (exact) mass is 272 g/mol. The second kappa shape index (κ2) is 7.22. The molecule has 0 spiro atoms. The quantitative estimate of drug-likeness (QED) is 0.729. The van der Waals surface area contributed by atoms with Crippen LogP contribution in [0.3, 0.4) is 0 Å². The van der Waals surface area contributed by atoms with Gasteiger partial charge in [0.05, 0.1) is 25.9 Å². The maximum Gasteiger partial charge on any atom is 0.240 e. The van der Waals surface area contributed by atoms with Gasteiger partial charge in [0.15, 0.2) is 0 Å². The molecular formula is C14H28N2O3. The molecule has 0 aromatic heterocycles. The first kappa shape index (κ1) is 16.4. The number of hydrogen-bond acceptors (Lipinski definition) is 4. The van der Waals surface area contributed by atoms with Crippen LogP contribution in [0.1, 0.15) is 27.2 Å². The molecule has 1 aliphatic rings. The highest BCUT2D eigenvalue weighted by Crippen LogP contribution is 2.23. The van der Waals surface area contributed by atoms with Crippen LogP contribution in [-0.4, -0.2) is 56.9 Å². The summed E-state index contributed by atoms with van der Waals surface area (Å²) in [5, 5.41) is 0. The van der Waals surface area contributed by atoms with E-state index in [0.717, 1.165) is 19.5 Å². The van der Waals surface area contributed by atoms with Crippen LogP contribution in [-0.2, 0) is 14.3 Å². The molecule has 1 aliphatic heterocycles. The Bertz CT molecular complexity index is 289. The Morgan fingerprint density at radius 3 is 2.68 bits per heavy atom. The van der Waals surface area contributed by atoms with E-state index in [1.54, 1.807) is 7.11 Å². The lowest BCUT2D eigenvalue weighted by Crippen LogP contribution is -2.49. The third-order valence-electron chi connectivity index (χ3n) is 3.58. The summed E-state index contributed by atoms with van der Waals surface area (Å²) < 4.78 is 10.4. The Labute approximate surface area is 116 Å². The second-order valence-corrected chi connectivity index (χ2v) is 6.35. The molecule has 1 fully saturated rings. The van der Waals surface area contributed by atoms with Crippen LogP contribution in [0, 0.1) is 11.3 Å². The van der Waals surface area contributed by atoms with Gasteiger partial charge in [-0.3, -0.25) is 4.79 Å². The first-order chi connectivity index (χ1) is 8.86. The van der Waals surface area contributed by atoms with E-state index < -0.39 is 6.04 Å². The number of amides is 1. The van der Waals surface area contributed by atoms with E-state index in [2.05, 4.69) is 0 Å². The van der Waals surface area contributed by atoms with E-state index in [1.165, 1.54) is 0 Å². The molecule has 0 bridgehead atoms. The molecule has 0 radical (unpaired) electrons. The van der Waals surface area contributed by atoms with Crippen LogP contribution < -0.4 is 5.73 Å². The molecule has 19 heavy (non-hydrogen) atoms. The number of carbonyl (C=O) groups is 1. The van der Waals surface area contributed by atoms with Crippen molar-refractivity contribution in [1.82, 2.24) is 4.90 Å². The normalized spacial score (nSPS) is 21.7. The van der Waals surface area contributed by atoms with Crippen molar-refractivity contribution >= 4 is 5.91 Å². The molecule has 2 atom stereocenters. The summed E-state index contributed by atoms with van der Waals surface area (Å²) in [6.45, 7) is 9.46. The molecular weight excluding hydrogens is 244 g/mol. The van der Waals surface area contributed by atoms with Gasteiger partial charge in [-0.15, -0.1) is 0 Å². The predicted molar refractivity (Wildman–Crippen MR) is 74.8 cm³/mol. The summed E-state index contributed by atoms with van der Waals surface area (Å²) in [5.41, 5.74) is 5.83. The lowest BCUT2D eigenvalue weighted by molar-refractivity contribution is -0.134. The van der Waals surface area contributed by atoms with Gasteiger partial charge < -0.3 is 20.1 Å². The number of rotatable bonds is 6. The molecule has 1 saturated heterocycles. The number of hydrogen-bond donors (Lipinski definition) is 1. The average molecular weight is 272 g/mol. The molecule has 1 amide bonds. The fourth-order valence-electron chi connectivity index (χ4n) is 2.13. The van der Waals surface area contributed by atoms with Crippen LogP contribution in [0.15, 0.2) is 0 Å². The van der Waals surface area contributed by atoms with Gasteiger partial charge in [0.25, 0.3) is 0 Å². The molecule has 2 N–H and O–H groups in total. The van der Waals surface area contributed by atoms with Gasteiger partial charge in [-0.2, -0.15) is 0 Å². The Hall–Kier alpha value is -0.650. The molecule has 1 rings (SSSR count). The molecule has 1 unspecified atom stereocenters. The first-order valence-corrected chi connectivity index (χ1v) is 6.97. The third kappa shape index (κ3) is 5.09. The lowest BCUT2D eigenvalue weighted by Gasteiger charge is -2.30. The van der Waals surface area contributed by atoms with Crippen LogP contribution >= 0.6 is 0 Å². The van der Waals surface area contributed by atoms with Crippen molar-refractivity contribution in [2.24, 2.45) is 17.1 Å². The number of likely N-dealkylation sites (tertiary alicyclic amines) is 1. The van der Waals surface area contributed by atoms with E-state index in [4.69, 9.17) is 15.2 Å². The highest BCUT2D eigenvalue weighted by atomic mass is 16.5. The van der Waals surface area contributed by atoms with Crippen molar-refractivity contribution in [3.05, 3.63) is 0 Å². The number of nitrogens with zero attached hydrogens (tertiary/aromatic N) is 1. The van der Waals surface area contributed by atoms with E-state index in [1.807, 2.05) is 25.7 Å². The van der Waals surface area contributed by atoms with Crippen molar-refractivity contribution in [2.45, 2.75) is 33.2 Å². The Morgan fingerprint density at radius 1 is 1.42 bits per heavy atom. The van der Waals surface area contributed by atoms with Crippen molar-refractivity contribution < 1.29 is 14.3 Å². The van der Waals surface area contributed by atoms with Gasteiger partial charge in [-0.25, -0.2) is 0 Å². The van der Waals surface area contributed by atoms with Crippen molar-refractivity contribution in [3.8, 4) is 0 Å². The molecule has 0 aromatic carbocycles. The minimum atomic E-state index is -0.430. The minimum absolute atomic E-state index is 0.0619. The van der Waals surface area contributed by atoms with Gasteiger partial charge >= 0.3 is 0 Å². The van der Waals surface area contributed by atoms with Crippen molar-refractivity contribution in [1.29, 1.82) is 0 Å². The van der Waals surface area contributed by atoms with Crippen LogP contribution in [0.5, 0.6) is 0 Å². The summed E-state index contributed by atoms with van der Waals surface area (Å²) in [6, 6.07) is -0.430. The number of nitrogens with two attached hydrogens (primary N) is 1. The Morgan fingerprint density at radius 2 is 2.11 bits per heavy atom. The van der Waals surface area contributed by atoms with Crippen LogP contribution in [0.25, 0.3) is 0 Å². The van der Waals surface area contributed by atoms with Gasteiger partial charge in [-0.05, 0) is 11.8 Å². The zero-order valence-electron chi connectivity index (χ0n) is 12.6. The Kier molecular flexibility index (Phi) is 6.23. The van der Waals surface area contributed by atoms with Crippen molar-refractivity contribution in [2.75, 3.05) is 40.0 Å². The van der Waals surface area contributed by atoms with E-state index in [0.29, 0.717) is 25.7 Å². The second-order valence-electron chi connectivity index (χ2n) is 6.35. The Balaban J connectivity index is 2.33. The van der Waals surface area contributed by atoms with Crippen LogP contribution in [0.4, 0.5) is 0 Å². The SMILES string of the molecule is COCCOCC1CCN(C(=O)[C@@H](N)C(C)(C)C)C1. The zero-order chi connectivity index (χ0) is 14.5. The highest BCUT2D eigenvalue weighted by Gasteiger charge is 2.34. The number of methoxy groups -OCH3 is 1. The molecule has 5 heteroatoms. The summed E-state index contributed by atoms with van der Waals surface area (Å²) >= 11 is 0. The smallest absolute Gasteiger partial charge is 0.240 e. The number of ether oxygens (including phenoxy) is 2. The predicted octanol–water partition coefficient (Wildman–Crippen LogP) is 0.871. The summed E-state index contributed by atoms with van der Waals surface area (Å²) in [7, 11) is 1.66. The summed E-state index contributed by atoms with van der Waals surface area (Å²) in [5.74, 6) is 0.486. The molecule has 0 aromatic rings. The standard InChI is InChI=1S/C14H28N2O3/c1-14(2,3)12(15)13(17)16-6-5-11(9-16)10-19-8-7-18-4/h11-12H,5-10,15H2,1-4H3/t11?,12-/m1/s1. The summed E-state index contributed by atoms with van der Waals surface area (Å²) in [4.78, 5) is 14.1. The lowest BCUT2D eigenvalue weighted by atomic mass is 9.86. The minimum Gasteiger partial charge on any atom is -0.382 e. The van der Waals surface area contributed by atoms with Gasteiger partial charge in [-0.1, -0.05) is 20.8 Å². The van der Waals surface area contributed by atoms with E-state index in [9.17, 15) is 4.79 Å². The van der Waals surface area contributed by atoms with E-state index >= 15 is 0 Å². The molecule has 0 aliphatic carbocycles. The highest BCUT2D eigenvalue weighted by molar-refractivity contribution is 5.82. The van der Waals surface area contributed by atoms with Gasteiger partial charge in [0.2, 0.25) is 5.91 Å². The zero-order valence-corrected chi connectivity index (χ0v) is 12.6. The average Bonchev–Trinajstić information content (AvgIpc) is 2.80. The largest absolute Gasteiger partial charge is 0.382 e. The molecule has 1 heterocycles. The fourth-order valence-corrected chi connectivity index (χ4v) is 2.13. The van der Waals surface area contributed by atoms with E-state index in [-0.39, 0.29) is 11.3 Å². The summed E-state index contributed by atoms with van der Waals surface area (Å²) in [6.07, 6.45) is 0.996. The fraction of sp³-hybridized carbons (Fsp3) is 0.929. The molecule has 112 valence electrons. The molecule has 5 nitrogen and oxygen atoms in total. The van der Waals surface area contributed by atoms with Gasteiger partial charge in [0.1, 0.15) is 0 Å². The number of carbonyl (C=O) groups excluding carboxylic acids is 1. The molecule has 0 saturated carbocycles. The first-order valence-electron chi connectivity index (χ1n) is 6.97. The third-order valence-corrected chi connectivity index (χ3v) is 3.58.